The van der Waals surface area contributed by atoms with Gasteiger partial charge in [-0.1, -0.05) is 117 Å². The van der Waals surface area contributed by atoms with Crippen LogP contribution in [0.2, 0.25) is 0 Å². The Morgan fingerprint density at radius 2 is 1.33 bits per heavy atom. The first-order valence-corrected chi connectivity index (χ1v) is 19.9. The molecule has 7 aromatic carbocycles. The molecule has 0 saturated carbocycles. The van der Waals surface area contributed by atoms with Crippen LogP contribution in [0.3, 0.4) is 0 Å². The van der Waals surface area contributed by atoms with Crippen LogP contribution in [0.4, 0.5) is 0 Å². The molecule has 0 atom stereocenters. The maximum absolute atomic E-state index is 6.57. The van der Waals surface area contributed by atoms with Crippen molar-refractivity contribution in [2.45, 2.75) is 26.2 Å². The van der Waals surface area contributed by atoms with E-state index in [0.29, 0.717) is 11.5 Å². The average molecular weight is 957 g/mol. The zero-order chi connectivity index (χ0) is 39.8. The molecule has 0 bridgehead atoms. The van der Waals surface area contributed by atoms with E-state index in [9.17, 15) is 0 Å². The molecule has 11 aromatic rings. The van der Waals surface area contributed by atoms with Gasteiger partial charge in [0.2, 0.25) is 6.33 Å². The summed E-state index contributed by atoms with van der Waals surface area (Å²) in [6.45, 7) is 6.70. The first-order chi connectivity index (χ1) is 28.8. The molecule has 0 spiro atoms. The van der Waals surface area contributed by atoms with Crippen LogP contribution in [0.5, 0.6) is 11.5 Å². The number of rotatable bonds is 6. The fourth-order valence-corrected chi connectivity index (χ4v) is 8.63. The minimum absolute atomic E-state index is 0. The molecule has 0 amide bonds. The van der Waals surface area contributed by atoms with E-state index in [0.717, 1.165) is 55.6 Å². The molecule has 4 aromatic heterocycles. The van der Waals surface area contributed by atoms with Crippen molar-refractivity contribution in [3.05, 3.63) is 188 Å². The molecule has 0 aliphatic carbocycles. The SMILES string of the molecule is C[n+]1[c-]n(-c2[c-]c(Oc3[c-]c4c(cc3)c3cc(-c5cccc6c5c5ccccc5n6-c5ccccc5)ccc3n4-c3cc(C(C)(C)C)ccn3)ccc2)c2ccccc21.[Pt]. The van der Waals surface area contributed by atoms with Gasteiger partial charge in [-0.25, -0.2) is 4.98 Å². The van der Waals surface area contributed by atoms with Crippen molar-refractivity contribution in [2.24, 2.45) is 7.05 Å². The van der Waals surface area contributed by atoms with Crippen LogP contribution >= 0.6 is 0 Å². The summed E-state index contributed by atoms with van der Waals surface area (Å²) in [5, 5.41) is 4.63. The number of nitrogens with zero attached hydrogens (tertiary/aromatic N) is 5. The molecule has 0 fully saturated rings. The van der Waals surface area contributed by atoms with E-state index >= 15 is 0 Å². The Labute approximate surface area is 362 Å². The third-order valence-corrected chi connectivity index (χ3v) is 11.5. The number of aryl methyl sites for hydroxylation is 1. The molecule has 11 rings (SSSR count). The smallest absolute Gasteiger partial charge is 0.242 e. The minimum Gasteiger partial charge on any atom is -0.510 e. The van der Waals surface area contributed by atoms with Gasteiger partial charge in [0.05, 0.1) is 29.1 Å². The van der Waals surface area contributed by atoms with Crippen LogP contribution in [0.1, 0.15) is 26.3 Å². The number of aromatic nitrogens is 5. The van der Waals surface area contributed by atoms with E-state index in [-0.39, 0.29) is 26.5 Å². The topological polar surface area (TPSA) is 40.8 Å². The van der Waals surface area contributed by atoms with Gasteiger partial charge in [0.25, 0.3) is 0 Å². The van der Waals surface area contributed by atoms with Crippen LogP contribution in [-0.2, 0) is 33.5 Å². The second-order valence-corrected chi connectivity index (χ2v) is 16.2. The van der Waals surface area contributed by atoms with Crippen molar-refractivity contribution >= 4 is 54.6 Å². The predicted molar refractivity (Wildman–Crippen MR) is 238 cm³/mol. The normalized spacial score (nSPS) is 11.9. The molecular weight excluding hydrogens is 918 g/mol. The van der Waals surface area contributed by atoms with Crippen LogP contribution < -0.4 is 9.30 Å². The summed E-state index contributed by atoms with van der Waals surface area (Å²) in [5.74, 6) is 2.02. The third kappa shape index (κ3) is 6.13. The molecule has 4 heterocycles. The van der Waals surface area contributed by atoms with E-state index in [1.807, 2.05) is 58.8 Å². The van der Waals surface area contributed by atoms with Crippen LogP contribution in [0, 0.1) is 18.5 Å². The zero-order valence-electron chi connectivity index (χ0n) is 33.5. The van der Waals surface area contributed by atoms with E-state index in [1.165, 1.54) is 32.9 Å². The quantitative estimate of drug-likeness (QED) is 0.123. The number of para-hydroxylation sites is 4. The van der Waals surface area contributed by atoms with Crippen molar-refractivity contribution in [3.8, 4) is 39.8 Å². The van der Waals surface area contributed by atoms with E-state index < -0.39 is 0 Å². The number of imidazole rings is 1. The van der Waals surface area contributed by atoms with Crippen molar-refractivity contribution in [2.75, 3.05) is 0 Å². The number of hydrogen-bond donors (Lipinski definition) is 0. The van der Waals surface area contributed by atoms with Gasteiger partial charge in [-0.3, -0.25) is 0 Å². The van der Waals surface area contributed by atoms with Crippen LogP contribution in [0.15, 0.2) is 164 Å². The molecule has 60 heavy (non-hydrogen) atoms. The molecule has 0 radical (unpaired) electrons. The summed E-state index contributed by atoms with van der Waals surface area (Å²) < 4.78 is 15.2. The zero-order valence-corrected chi connectivity index (χ0v) is 35.8. The molecule has 0 aliphatic heterocycles. The van der Waals surface area contributed by atoms with Gasteiger partial charge in [0, 0.05) is 60.7 Å². The first-order valence-electron chi connectivity index (χ1n) is 19.9. The Bertz CT molecular complexity index is 3420. The molecule has 0 saturated heterocycles. The van der Waals surface area contributed by atoms with E-state index in [4.69, 9.17) is 9.72 Å². The second kappa shape index (κ2) is 14.5. The molecule has 0 aliphatic rings. The number of hydrogen-bond acceptors (Lipinski definition) is 2. The Morgan fingerprint density at radius 1 is 0.600 bits per heavy atom. The van der Waals surface area contributed by atoms with Gasteiger partial charge in [-0.05, 0) is 70.0 Å². The van der Waals surface area contributed by atoms with E-state index in [1.54, 1.807) is 0 Å². The van der Waals surface area contributed by atoms with Crippen molar-refractivity contribution in [3.63, 3.8) is 0 Å². The van der Waals surface area contributed by atoms with Gasteiger partial charge in [0.1, 0.15) is 5.82 Å². The monoisotopic (exact) mass is 956 g/mol. The average Bonchev–Trinajstić information content (AvgIpc) is 3.90. The number of ether oxygens (including phenoxy) is 1. The van der Waals surface area contributed by atoms with Crippen LogP contribution in [-0.4, -0.2) is 18.7 Å². The molecule has 6 nitrogen and oxygen atoms in total. The van der Waals surface area contributed by atoms with Crippen molar-refractivity contribution in [1.82, 2.24) is 18.7 Å². The Morgan fingerprint density at radius 3 is 2.18 bits per heavy atom. The summed E-state index contributed by atoms with van der Waals surface area (Å²) in [7, 11) is 2.00. The fourth-order valence-electron chi connectivity index (χ4n) is 8.63. The van der Waals surface area contributed by atoms with E-state index in [2.05, 4.69) is 170 Å². The van der Waals surface area contributed by atoms with Gasteiger partial charge in [0.15, 0.2) is 0 Å². The minimum atomic E-state index is -0.0560. The molecule has 0 N–H and O–H groups in total. The predicted octanol–water partition coefficient (Wildman–Crippen LogP) is 12.2. The van der Waals surface area contributed by atoms with Gasteiger partial charge >= 0.3 is 0 Å². The summed E-state index contributed by atoms with van der Waals surface area (Å²) in [4.78, 5) is 4.95. The van der Waals surface area contributed by atoms with Gasteiger partial charge in [-0.15, -0.1) is 29.7 Å². The number of benzene rings is 7. The molecular formula is C53H39N5OPt-2. The third-order valence-electron chi connectivity index (χ3n) is 11.5. The first kappa shape index (κ1) is 37.5. The second-order valence-electron chi connectivity index (χ2n) is 16.2. The largest absolute Gasteiger partial charge is 0.510 e. The number of pyridine rings is 1. The summed E-state index contributed by atoms with van der Waals surface area (Å²) in [6, 6.07) is 62.6. The van der Waals surface area contributed by atoms with Gasteiger partial charge < -0.3 is 23.0 Å². The molecule has 294 valence electrons. The maximum atomic E-state index is 6.57. The summed E-state index contributed by atoms with van der Waals surface area (Å²) >= 11 is 0. The Kier molecular flexibility index (Phi) is 9.07. The Hall–Kier alpha value is -6.75. The fraction of sp³-hybridized carbons (Fsp3) is 0.0943. The Balaban J connectivity index is 0.00000433. The maximum Gasteiger partial charge on any atom is 0.242 e. The summed E-state index contributed by atoms with van der Waals surface area (Å²) in [5.41, 5.74) is 11.9. The van der Waals surface area contributed by atoms with Crippen molar-refractivity contribution < 1.29 is 30.4 Å². The van der Waals surface area contributed by atoms with Gasteiger partial charge in [-0.2, -0.15) is 18.2 Å². The van der Waals surface area contributed by atoms with Crippen molar-refractivity contribution in [1.29, 1.82) is 0 Å². The number of fused-ring (bicyclic) bond motifs is 7. The standard InChI is InChI=1S/C53H39N5O.Pt/c1-53(2,3)36-28-29-54-51(31-36)58-46-27-24-35(41-19-13-23-49-52(41)43-18-8-9-20-45(43)57(49)37-14-6-5-7-15-37)30-44(46)42-26-25-40(33-50(42)58)59-39-17-12-16-38(32-39)56-34-55(4)47-21-10-11-22-48(47)56;/h5-31H,1-4H3;/q-2;. The summed E-state index contributed by atoms with van der Waals surface area (Å²) in [6.07, 6.45) is 5.32. The van der Waals surface area contributed by atoms with Crippen LogP contribution in [0.25, 0.3) is 83.0 Å². The molecule has 7 heteroatoms. The molecule has 0 unspecified atom stereocenters.